The fourth-order valence-electron chi connectivity index (χ4n) is 4.00. The van der Waals surface area contributed by atoms with Gasteiger partial charge in [0, 0.05) is 26.2 Å². The third-order valence-electron chi connectivity index (χ3n) is 5.67. The maximum absolute atomic E-state index is 12.9. The van der Waals surface area contributed by atoms with Crippen molar-refractivity contribution in [2.75, 3.05) is 26.4 Å². The highest BCUT2D eigenvalue weighted by Crippen LogP contribution is 2.36. The zero-order valence-corrected chi connectivity index (χ0v) is 16.5. The first-order chi connectivity index (χ1) is 13.5. The monoisotopic (exact) mass is 403 g/mol. The average molecular weight is 404 g/mol. The van der Waals surface area contributed by atoms with E-state index in [9.17, 15) is 13.5 Å². The number of hydrogen-bond acceptors (Lipinski definition) is 5. The largest absolute Gasteiger partial charge is 0.493 e. The van der Waals surface area contributed by atoms with Crippen molar-refractivity contribution in [2.45, 2.75) is 29.8 Å². The van der Waals surface area contributed by atoms with Gasteiger partial charge in [-0.1, -0.05) is 30.3 Å². The smallest absolute Gasteiger partial charge is 0.240 e. The van der Waals surface area contributed by atoms with Crippen LogP contribution in [0.3, 0.4) is 0 Å². The van der Waals surface area contributed by atoms with Crippen LogP contribution in [0, 0.1) is 5.92 Å². The van der Waals surface area contributed by atoms with Crippen molar-refractivity contribution in [3.63, 3.8) is 0 Å². The van der Waals surface area contributed by atoms with Crippen LogP contribution in [0.15, 0.2) is 53.4 Å². The molecule has 0 aromatic heterocycles. The topological polar surface area (TPSA) is 84.9 Å². The van der Waals surface area contributed by atoms with E-state index in [1.54, 1.807) is 18.2 Å². The number of fused-ring (bicyclic) bond motifs is 1. The Morgan fingerprint density at radius 3 is 2.57 bits per heavy atom. The van der Waals surface area contributed by atoms with Crippen molar-refractivity contribution >= 4 is 10.0 Å². The zero-order valence-electron chi connectivity index (χ0n) is 15.6. The Kier molecular flexibility index (Phi) is 5.42. The van der Waals surface area contributed by atoms with Gasteiger partial charge in [-0.25, -0.2) is 13.1 Å². The van der Waals surface area contributed by atoms with Gasteiger partial charge in [0.05, 0.1) is 11.5 Å². The van der Waals surface area contributed by atoms with Crippen LogP contribution in [0.25, 0.3) is 0 Å². The minimum Gasteiger partial charge on any atom is -0.493 e. The lowest BCUT2D eigenvalue weighted by molar-refractivity contribution is -0.0663. The third kappa shape index (κ3) is 3.80. The molecule has 28 heavy (non-hydrogen) atoms. The quantitative estimate of drug-likeness (QED) is 0.773. The number of rotatable bonds is 6. The summed E-state index contributed by atoms with van der Waals surface area (Å²) in [6.07, 6.45) is 2.07. The minimum atomic E-state index is -3.76. The predicted octanol–water partition coefficient (Wildman–Crippen LogP) is 2.21. The third-order valence-corrected chi connectivity index (χ3v) is 7.07. The number of sulfonamides is 1. The molecule has 2 N–H and O–H groups in total. The van der Waals surface area contributed by atoms with E-state index < -0.39 is 15.6 Å². The fraction of sp³-hybridized carbons (Fsp3) is 0.429. The molecule has 2 heterocycles. The lowest BCUT2D eigenvalue weighted by atomic mass is 9.77. The zero-order chi connectivity index (χ0) is 19.6. The molecule has 6 nitrogen and oxygen atoms in total. The first kappa shape index (κ1) is 19.4. The summed E-state index contributed by atoms with van der Waals surface area (Å²) >= 11 is 0. The van der Waals surface area contributed by atoms with Gasteiger partial charge in [0.25, 0.3) is 0 Å². The first-order valence-corrected chi connectivity index (χ1v) is 11.1. The standard InChI is InChI=1S/C21H25NO5S/c23-21(17-4-2-1-3-5-17,18-9-11-26-12-10-18)15-22-28(24,25)19-6-7-20-16(14-19)8-13-27-20/h1-7,14,18,22-23H,8-13,15H2. The molecule has 1 atom stereocenters. The van der Waals surface area contributed by atoms with Gasteiger partial charge in [-0.05, 0) is 48.1 Å². The Labute approximate surface area is 165 Å². The molecule has 2 aliphatic heterocycles. The Bertz CT molecular complexity index is 925. The first-order valence-electron chi connectivity index (χ1n) is 9.60. The number of aliphatic hydroxyl groups is 1. The van der Waals surface area contributed by atoms with Gasteiger partial charge in [-0.2, -0.15) is 0 Å². The molecule has 2 aromatic rings. The molecule has 0 aliphatic carbocycles. The van der Waals surface area contributed by atoms with E-state index in [-0.39, 0.29) is 17.4 Å². The molecule has 0 radical (unpaired) electrons. The van der Waals surface area contributed by atoms with Crippen molar-refractivity contribution in [2.24, 2.45) is 5.92 Å². The Balaban J connectivity index is 1.58. The van der Waals surface area contributed by atoms with Crippen LogP contribution in [-0.2, 0) is 26.8 Å². The van der Waals surface area contributed by atoms with Crippen molar-refractivity contribution in [1.29, 1.82) is 0 Å². The summed E-state index contributed by atoms with van der Waals surface area (Å²) in [5.74, 6) is 0.654. The number of hydrogen-bond donors (Lipinski definition) is 2. The molecule has 1 fully saturated rings. The van der Waals surface area contributed by atoms with E-state index in [1.807, 2.05) is 30.3 Å². The normalized spacial score (nSPS) is 19.6. The maximum atomic E-state index is 12.9. The highest BCUT2D eigenvalue weighted by molar-refractivity contribution is 7.89. The molecule has 2 aliphatic rings. The number of ether oxygens (including phenoxy) is 2. The Hall–Kier alpha value is -1.93. The number of nitrogens with one attached hydrogen (secondary N) is 1. The van der Waals surface area contributed by atoms with Crippen LogP contribution in [0.5, 0.6) is 5.75 Å². The summed E-state index contributed by atoms with van der Waals surface area (Å²) < 4.78 is 39.3. The van der Waals surface area contributed by atoms with Gasteiger partial charge >= 0.3 is 0 Å². The van der Waals surface area contributed by atoms with Gasteiger partial charge in [-0.3, -0.25) is 0 Å². The summed E-state index contributed by atoms with van der Waals surface area (Å²) in [5.41, 5.74) is 0.315. The Morgan fingerprint density at radius 1 is 1.07 bits per heavy atom. The molecule has 0 spiro atoms. The van der Waals surface area contributed by atoms with E-state index in [1.165, 1.54) is 0 Å². The van der Waals surface area contributed by atoms with Gasteiger partial charge in [0.2, 0.25) is 10.0 Å². The molecule has 150 valence electrons. The van der Waals surface area contributed by atoms with E-state index in [0.717, 1.165) is 11.3 Å². The van der Waals surface area contributed by atoms with Gasteiger partial charge in [0.1, 0.15) is 11.4 Å². The van der Waals surface area contributed by atoms with Crippen molar-refractivity contribution in [3.8, 4) is 5.75 Å². The van der Waals surface area contributed by atoms with Crippen LogP contribution in [0.1, 0.15) is 24.0 Å². The van der Waals surface area contributed by atoms with Crippen LogP contribution < -0.4 is 9.46 Å². The lowest BCUT2D eigenvalue weighted by Gasteiger charge is -2.39. The second kappa shape index (κ2) is 7.83. The van der Waals surface area contributed by atoms with Crippen LogP contribution in [0.4, 0.5) is 0 Å². The second-order valence-corrected chi connectivity index (χ2v) is 9.14. The highest BCUT2D eigenvalue weighted by Gasteiger charge is 2.40. The van der Waals surface area contributed by atoms with Gasteiger partial charge < -0.3 is 14.6 Å². The number of benzene rings is 2. The van der Waals surface area contributed by atoms with Crippen LogP contribution in [0.2, 0.25) is 0 Å². The predicted molar refractivity (Wildman–Crippen MR) is 105 cm³/mol. The maximum Gasteiger partial charge on any atom is 0.240 e. The molecule has 7 heteroatoms. The summed E-state index contributed by atoms with van der Waals surface area (Å²) in [5, 5.41) is 11.6. The molecule has 2 aromatic carbocycles. The van der Waals surface area contributed by atoms with Crippen LogP contribution >= 0.6 is 0 Å². The fourth-order valence-corrected chi connectivity index (χ4v) is 5.12. The van der Waals surface area contributed by atoms with E-state index in [2.05, 4.69) is 4.72 Å². The highest BCUT2D eigenvalue weighted by atomic mass is 32.2. The molecule has 4 rings (SSSR count). The average Bonchev–Trinajstić information content (AvgIpc) is 3.21. The van der Waals surface area contributed by atoms with Gasteiger partial charge in [0.15, 0.2) is 0 Å². The molecule has 1 unspecified atom stereocenters. The van der Waals surface area contributed by atoms with E-state index in [0.29, 0.717) is 44.6 Å². The molecule has 0 amide bonds. The minimum absolute atomic E-state index is 0.0835. The summed E-state index contributed by atoms with van der Waals surface area (Å²) in [6, 6.07) is 14.2. The molecule has 0 saturated carbocycles. The van der Waals surface area contributed by atoms with Crippen molar-refractivity contribution in [3.05, 3.63) is 59.7 Å². The lowest BCUT2D eigenvalue weighted by Crippen LogP contribution is -2.47. The molecule has 1 saturated heterocycles. The summed E-state index contributed by atoms with van der Waals surface area (Å²) in [4.78, 5) is 0.194. The van der Waals surface area contributed by atoms with Crippen molar-refractivity contribution in [1.82, 2.24) is 4.72 Å². The molecular weight excluding hydrogens is 378 g/mol. The SMILES string of the molecule is O=S(=O)(NCC(O)(c1ccccc1)C1CCOCC1)c1ccc2c(c1)CCO2. The van der Waals surface area contributed by atoms with E-state index in [4.69, 9.17) is 9.47 Å². The molecular formula is C21H25NO5S. The summed E-state index contributed by atoms with van der Waals surface area (Å²) in [7, 11) is -3.76. The van der Waals surface area contributed by atoms with Crippen LogP contribution in [-0.4, -0.2) is 39.9 Å². The van der Waals surface area contributed by atoms with Crippen molar-refractivity contribution < 1.29 is 23.0 Å². The molecule has 0 bridgehead atoms. The second-order valence-electron chi connectivity index (χ2n) is 7.37. The summed E-state index contributed by atoms with van der Waals surface area (Å²) in [6.45, 7) is 1.62. The van der Waals surface area contributed by atoms with E-state index >= 15 is 0 Å². The van der Waals surface area contributed by atoms with Gasteiger partial charge in [-0.15, -0.1) is 0 Å². The Morgan fingerprint density at radius 2 is 1.82 bits per heavy atom.